The van der Waals surface area contributed by atoms with Gasteiger partial charge in [0, 0.05) is 17.8 Å². The molecule has 34 heavy (non-hydrogen) atoms. The van der Waals surface area contributed by atoms with Gasteiger partial charge in [-0.2, -0.15) is 0 Å². The fourth-order valence-corrected chi connectivity index (χ4v) is 11.5. The number of carboxylic acids is 1. The van der Waals surface area contributed by atoms with Gasteiger partial charge in [0.05, 0.1) is 11.5 Å². The Morgan fingerprint density at radius 3 is 2.26 bits per heavy atom. The van der Waals surface area contributed by atoms with Gasteiger partial charge >= 0.3 is 5.97 Å². The van der Waals surface area contributed by atoms with Gasteiger partial charge in [-0.05, 0) is 98.2 Å². The lowest BCUT2D eigenvalue weighted by molar-refractivity contribution is -0.259. The third kappa shape index (κ3) is 2.70. The number of fused-ring (bicyclic) bond motifs is 7. The molecule has 4 heteroatoms. The smallest absolute Gasteiger partial charge is 0.309 e. The standard InChI is InChI=1S/C30H46O4/c1-17(2)18-10-13-30(25(33)34)15-14-28(6)19(23(18)30)8-9-21-27(5)12-11-22(32)26(3,4)24(27)20(31)16-29(21,28)7/h18-21,23-24,31H,1,8-16H2,2-7H3,(H,33,34)/t18-,19+,20+,21?,23?,24?,27+,28+,29+,30-/m0/s1. The SMILES string of the molecule is C=C(C)[C@@H]1CC[C@]2(C(=O)O)CC[C@]3(C)[C@H](CCC4[C@@]5(C)CCC(=O)C(C)(C)C5[C@H](O)C[C@]43C)C12. The number of rotatable bonds is 2. The Labute approximate surface area is 206 Å². The van der Waals surface area contributed by atoms with E-state index in [1.807, 2.05) is 0 Å². The highest BCUT2D eigenvalue weighted by atomic mass is 16.4. The quantitative estimate of drug-likeness (QED) is 0.467. The number of ketones is 1. The van der Waals surface area contributed by atoms with Crippen molar-refractivity contribution in [2.45, 2.75) is 105 Å². The summed E-state index contributed by atoms with van der Waals surface area (Å²) >= 11 is 0. The largest absolute Gasteiger partial charge is 0.481 e. The lowest BCUT2D eigenvalue weighted by Gasteiger charge is -2.72. The number of Topliss-reactive ketones (excluding diaryl/α,β-unsaturated/α-hetero) is 1. The van der Waals surface area contributed by atoms with Gasteiger partial charge in [0.2, 0.25) is 0 Å². The van der Waals surface area contributed by atoms with Crippen molar-refractivity contribution in [3.63, 3.8) is 0 Å². The van der Waals surface area contributed by atoms with Crippen molar-refractivity contribution in [2.24, 2.45) is 56.7 Å². The molecule has 5 rings (SSSR count). The molecule has 0 aromatic heterocycles. The van der Waals surface area contributed by atoms with E-state index in [0.717, 1.165) is 56.9 Å². The Hall–Kier alpha value is -1.16. The first kappa shape index (κ1) is 24.5. The summed E-state index contributed by atoms with van der Waals surface area (Å²) in [6.07, 6.45) is 7.24. The maximum Gasteiger partial charge on any atom is 0.309 e. The third-order valence-electron chi connectivity index (χ3n) is 13.1. The minimum absolute atomic E-state index is 0.00387. The molecule has 4 nitrogen and oxygen atoms in total. The average molecular weight is 471 g/mol. The van der Waals surface area contributed by atoms with Crippen molar-refractivity contribution >= 4 is 11.8 Å². The van der Waals surface area contributed by atoms with Crippen molar-refractivity contribution in [2.75, 3.05) is 0 Å². The Bertz CT molecular complexity index is 936. The molecule has 0 bridgehead atoms. The van der Waals surface area contributed by atoms with Gasteiger partial charge < -0.3 is 10.2 Å². The molecule has 0 aromatic rings. The molecule has 190 valence electrons. The van der Waals surface area contributed by atoms with Crippen LogP contribution in [0.25, 0.3) is 0 Å². The number of carboxylic acid groups (broad SMARTS) is 1. The average Bonchev–Trinajstić information content (AvgIpc) is 3.13. The molecule has 5 aliphatic carbocycles. The highest BCUT2D eigenvalue weighted by Gasteiger charge is 2.73. The predicted molar refractivity (Wildman–Crippen MR) is 133 cm³/mol. The maximum atomic E-state index is 12.9. The Morgan fingerprint density at radius 1 is 0.971 bits per heavy atom. The van der Waals surface area contributed by atoms with E-state index < -0.39 is 22.9 Å². The summed E-state index contributed by atoms with van der Waals surface area (Å²) in [6.45, 7) is 17.8. The topological polar surface area (TPSA) is 74.6 Å². The van der Waals surface area contributed by atoms with Crippen LogP contribution in [0.2, 0.25) is 0 Å². The summed E-state index contributed by atoms with van der Waals surface area (Å²) in [6, 6.07) is 0. The zero-order valence-corrected chi connectivity index (χ0v) is 22.2. The van der Waals surface area contributed by atoms with E-state index in [4.69, 9.17) is 0 Å². The number of hydrogen-bond acceptors (Lipinski definition) is 3. The van der Waals surface area contributed by atoms with Crippen LogP contribution in [0, 0.1) is 56.7 Å². The zero-order chi connectivity index (χ0) is 25.1. The van der Waals surface area contributed by atoms with Gasteiger partial charge in [0.25, 0.3) is 0 Å². The molecule has 10 atom stereocenters. The predicted octanol–water partition coefficient (Wildman–Crippen LogP) is 6.27. The highest BCUT2D eigenvalue weighted by molar-refractivity contribution is 5.85. The molecule has 5 saturated carbocycles. The second-order valence-electron chi connectivity index (χ2n) is 14.4. The number of carbonyl (C=O) groups is 2. The summed E-state index contributed by atoms with van der Waals surface area (Å²) in [5.74, 6) is 0.916. The van der Waals surface area contributed by atoms with Gasteiger partial charge in [-0.3, -0.25) is 9.59 Å². The summed E-state index contributed by atoms with van der Waals surface area (Å²) < 4.78 is 0. The van der Waals surface area contributed by atoms with E-state index in [2.05, 4.69) is 48.1 Å². The third-order valence-corrected chi connectivity index (χ3v) is 13.1. The monoisotopic (exact) mass is 470 g/mol. The molecule has 0 aromatic carbocycles. The molecule has 0 spiro atoms. The number of aliphatic hydroxyl groups excluding tert-OH is 1. The Morgan fingerprint density at radius 2 is 1.65 bits per heavy atom. The highest BCUT2D eigenvalue weighted by Crippen LogP contribution is 2.77. The lowest BCUT2D eigenvalue weighted by Crippen LogP contribution is -2.69. The first-order valence-corrected chi connectivity index (χ1v) is 13.8. The van der Waals surface area contributed by atoms with Crippen molar-refractivity contribution in [1.82, 2.24) is 0 Å². The first-order valence-electron chi connectivity index (χ1n) is 13.8. The maximum absolute atomic E-state index is 12.9. The fraction of sp³-hybridized carbons (Fsp3) is 0.867. The molecule has 0 heterocycles. The minimum Gasteiger partial charge on any atom is -0.481 e. The van der Waals surface area contributed by atoms with Crippen LogP contribution in [0.1, 0.15) is 99.3 Å². The molecule has 0 aliphatic heterocycles. The van der Waals surface area contributed by atoms with E-state index in [-0.39, 0.29) is 34.0 Å². The van der Waals surface area contributed by atoms with E-state index in [1.54, 1.807) is 0 Å². The minimum atomic E-state index is -0.615. The fourth-order valence-electron chi connectivity index (χ4n) is 11.5. The van der Waals surface area contributed by atoms with E-state index in [1.165, 1.54) is 0 Å². The molecule has 3 unspecified atom stereocenters. The van der Waals surface area contributed by atoms with Gasteiger partial charge in [0.15, 0.2) is 0 Å². The summed E-state index contributed by atoms with van der Waals surface area (Å²) in [7, 11) is 0. The van der Waals surface area contributed by atoms with Gasteiger partial charge in [-0.15, -0.1) is 0 Å². The molecular formula is C30H46O4. The number of aliphatic carboxylic acids is 1. The number of carbonyl (C=O) groups excluding carboxylic acids is 1. The van der Waals surface area contributed by atoms with Crippen LogP contribution in [0.5, 0.6) is 0 Å². The van der Waals surface area contributed by atoms with E-state index in [0.29, 0.717) is 24.0 Å². The van der Waals surface area contributed by atoms with Crippen molar-refractivity contribution in [1.29, 1.82) is 0 Å². The molecular weight excluding hydrogens is 424 g/mol. The van der Waals surface area contributed by atoms with Crippen LogP contribution in [-0.4, -0.2) is 28.1 Å². The normalized spacial score (nSPS) is 53.8. The van der Waals surface area contributed by atoms with Crippen LogP contribution in [0.3, 0.4) is 0 Å². The second-order valence-corrected chi connectivity index (χ2v) is 14.4. The van der Waals surface area contributed by atoms with Gasteiger partial charge in [-0.25, -0.2) is 0 Å². The van der Waals surface area contributed by atoms with Crippen molar-refractivity contribution in [3.8, 4) is 0 Å². The zero-order valence-electron chi connectivity index (χ0n) is 22.2. The Balaban J connectivity index is 1.60. The molecule has 0 amide bonds. The number of aliphatic hydroxyl groups is 1. The molecule has 5 fully saturated rings. The lowest BCUT2D eigenvalue weighted by atomic mass is 9.32. The van der Waals surface area contributed by atoms with Crippen molar-refractivity contribution < 1.29 is 19.8 Å². The van der Waals surface area contributed by atoms with Gasteiger partial charge in [-0.1, -0.05) is 46.8 Å². The summed E-state index contributed by atoms with van der Waals surface area (Å²) in [4.78, 5) is 25.7. The van der Waals surface area contributed by atoms with Crippen LogP contribution in [0.4, 0.5) is 0 Å². The molecule has 5 aliphatic rings. The van der Waals surface area contributed by atoms with Crippen molar-refractivity contribution in [3.05, 3.63) is 12.2 Å². The summed E-state index contributed by atoms with van der Waals surface area (Å²) in [5.41, 5.74) is -0.110. The van der Waals surface area contributed by atoms with Gasteiger partial charge in [0.1, 0.15) is 5.78 Å². The van der Waals surface area contributed by atoms with Crippen LogP contribution >= 0.6 is 0 Å². The second kappa shape index (κ2) is 7.20. The van der Waals surface area contributed by atoms with E-state index in [9.17, 15) is 19.8 Å². The first-order chi connectivity index (χ1) is 15.7. The number of hydrogen-bond donors (Lipinski definition) is 2. The van der Waals surface area contributed by atoms with E-state index >= 15 is 0 Å². The van der Waals surface area contributed by atoms with Crippen LogP contribution in [-0.2, 0) is 9.59 Å². The number of allylic oxidation sites excluding steroid dienone is 1. The molecule has 0 radical (unpaired) electrons. The van der Waals surface area contributed by atoms with Crippen LogP contribution in [0.15, 0.2) is 12.2 Å². The molecule has 0 saturated heterocycles. The Kier molecular flexibility index (Phi) is 5.20. The molecule has 2 N–H and O–H groups in total. The van der Waals surface area contributed by atoms with Crippen LogP contribution < -0.4 is 0 Å². The summed E-state index contributed by atoms with van der Waals surface area (Å²) in [5, 5.41) is 22.2.